The number of rotatable bonds is 2. The van der Waals surface area contributed by atoms with Crippen molar-refractivity contribution in [2.45, 2.75) is 39.7 Å². The molecular formula is C17H21N3O2. The lowest BCUT2D eigenvalue weighted by Crippen LogP contribution is -2.34. The molecule has 0 saturated carbocycles. The molecule has 22 heavy (non-hydrogen) atoms. The highest BCUT2D eigenvalue weighted by Gasteiger charge is 2.33. The average Bonchev–Trinajstić information content (AvgIpc) is 3.05. The van der Waals surface area contributed by atoms with Gasteiger partial charge in [0.15, 0.2) is 0 Å². The van der Waals surface area contributed by atoms with Gasteiger partial charge in [-0.25, -0.2) is 4.79 Å². The van der Waals surface area contributed by atoms with Gasteiger partial charge in [-0.15, -0.1) is 0 Å². The van der Waals surface area contributed by atoms with Gasteiger partial charge in [-0.1, -0.05) is 17.3 Å². The summed E-state index contributed by atoms with van der Waals surface area (Å²) < 4.78 is 5.26. The fourth-order valence-corrected chi connectivity index (χ4v) is 3.19. The number of carbonyl (C=O) groups is 1. The van der Waals surface area contributed by atoms with Gasteiger partial charge < -0.3 is 14.7 Å². The van der Waals surface area contributed by atoms with Gasteiger partial charge in [0.1, 0.15) is 5.76 Å². The number of aryl methyl sites for hydroxylation is 3. The Kier molecular flexibility index (Phi) is 3.88. The second-order valence-electron chi connectivity index (χ2n) is 5.89. The molecule has 2 amide bonds. The van der Waals surface area contributed by atoms with E-state index in [1.807, 2.05) is 49.9 Å². The van der Waals surface area contributed by atoms with Gasteiger partial charge in [-0.05, 0) is 51.3 Å². The molecule has 0 radical (unpaired) electrons. The average molecular weight is 299 g/mol. The van der Waals surface area contributed by atoms with Crippen molar-refractivity contribution in [3.8, 4) is 0 Å². The van der Waals surface area contributed by atoms with Gasteiger partial charge >= 0.3 is 6.03 Å². The molecule has 1 saturated heterocycles. The zero-order chi connectivity index (χ0) is 15.7. The van der Waals surface area contributed by atoms with Gasteiger partial charge in [0, 0.05) is 17.8 Å². The predicted octanol–water partition coefficient (Wildman–Crippen LogP) is 3.97. The maximum Gasteiger partial charge on any atom is 0.322 e. The molecule has 0 aliphatic carbocycles. The molecule has 5 nitrogen and oxygen atoms in total. The van der Waals surface area contributed by atoms with Crippen molar-refractivity contribution in [1.29, 1.82) is 0 Å². The molecule has 0 unspecified atom stereocenters. The van der Waals surface area contributed by atoms with Crippen molar-refractivity contribution in [2.75, 3.05) is 11.9 Å². The Morgan fingerprint density at radius 2 is 2.18 bits per heavy atom. The van der Waals surface area contributed by atoms with Gasteiger partial charge in [0.2, 0.25) is 0 Å². The number of hydrogen-bond acceptors (Lipinski definition) is 3. The van der Waals surface area contributed by atoms with Gasteiger partial charge in [-0.3, -0.25) is 0 Å². The van der Waals surface area contributed by atoms with E-state index in [2.05, 4.69) is 10.5 Å². The van der Waals surface area contributed by atoms with Gasteiger partial charge in [-0.2, -0.15) is 0 Å². The lowest BCUT2D eigenvalue weighted by atomic mass is 10.0. The minimum atomic E-state index is -0.0619. The van der Waals surface area contributed by atoms with Crippen molar-refractivity contribution in [3.05, 3.63) is 46.8 Å². The summed E-state index contributed by atoms with van der Waals surface area (Å²) in [4.78, 5) is 14.5. The number of nitrogens with zero attached hydrogens (tertiary/aromatic N) is 2. The van der Waals surface area contributed by atoms with E-state index in [1.54, 1.807) is 0 Å². The molecule has 1 aromatic carbocycles. The van der Waals surface area contributed by atoms with E-state index in [0.29, 0.717) is 0 Å². The molecule has 1 aliphatic heterocycles. The number of aromatic nitrogens is 1. The number of hydrogen-bond donors (Lipinski definition) is 1. The molecular weight excluding hydrogens is 278 g/mol. The Morgan fingerprint density at radius 3 is 2.86 bits per heavy atom. The Hall–Kier alpha value is -2.30. The summed E-state index contributed by atoms with van der Waals surface area (Å²) in [5.41, 5.74) is 3.88. The summed E-state index contributed by atoms with van der Waals surface area (Å²) in [6.45, 7) is 6.61. The smallest absolute Gasteiger partial charge is 0.322 e. The SMILES string of the molecule is Cc1cccc(NC(=O)N2CCC[C@@H]2c2c(C)noc2C)c1. The summed E-state index contributed by atoms with van der Waals surface area (Å²) in [7, 11) is 0. The fourth-order valence-electron chi connectivity index (χ4n) is 3.19. The number of anilines is 1. The molecule has 0 bridgehead atoms. The first-order chi connectivity index (χ1) is 10.6. The lowest BCUT2D eigenvalue weighted by Gasteiger charge is -2.25. The monoisotopic (exact) mass is 299 g/mol. The number of benzene rings is 1. The van der Waals surface area contributed by atoms with Crippen LogP contribution in [0.4, 0.5) is 10.5 Å². The zero-order valence-electron chi connectivity index (χ0n) is 13.2. The van der Waals surface area contributed by atoms with E-state index in [9.17, 15) is 4.79 Å². The van der Waals surface area contributed by atoms with Crippen LogP contribution < -0.4 is 5.32 Å². The van der Waals surface area contributed by atoms with Crippen LogP contribution in [0.25, 0.3) is 0 Å². The van der Waals surface area contributed by atoms with Crippen LogP contribution in [0.15, 0.2) is 28.8 Å². The minimum Gasteiger partial charge on any atom is -0.361 e. The molecule has 1 N–H and O–H groups in total. The molecule has 2 aromatic rings. The normalized spacial score (nSPS) is 17.8. The van der Waals surface area contributed by atoms with Crippen molar-refractivity contribution in [1.82, 2.24) is 10.1 Å². The first-order valence-corrected chi connectivity index (χ1v) is 7.63. The molecule has 1 fully saturated rings. The lowest BCUT2D eigenvalue weighted by molar-refractivity contribution is 0.206. The predicted molar refractivity (Wildman–Crippen MR) is 84.9 cm³/mol. The largest absolute Gasteiger partial charge is 0.361 e. The topological polar surface area (TPSA) is 58.4 Å². The summed E-state index contributed by atoms with van der Waals surface area (Å²) in [5, 5.41) is 7.01. The summed E-state index contributed by atoms with van der Waals surface area (Å²) >= 11 is 0. The molecule has 1 aromatic heterocycles. The highest BCUT2D eigenvalue weighted by Crippen LogP contribution is 2.35. The third-order valence-electron chi connectivity index (χ3n) is 4.20. The molecule has 116 valence electrons. The third-order valence-corrected chi connectivity index (χ3v) is 4.20. The second kappa shape index (κ2) is 5.83. The number of urea groups is 1. The molecule has 1 aliphatic rings. The maximum atomic E-state index is 12.6. The van der Waals surface area contributed by atoms with Crippen molar-refractivity contribution in [3.63, 3.8) is 0 Å². The summed E-state index contributed by atoms with van der Waals surface area (Å²) in [5.74, 6) is 0.803. The van der Waals surface area contributed by atoms with Crippen LogP contribution in [0.5, 0.6) is 0 Å². The first-order valence-electron chi connectivity index (χ1n) is 7.63. The molecule has 1 atom stereocenters. The van der Waals surface area contributed by atoms with Crippen LogP contribution in [0.1, 0.15) is 41.5 Å². The van der Waals surface area contributed by atoms with Crippen LogP contribution in [-0.2, 0) is 0 Å². The van der Waals surface area contributed by atoms with Crippen LogP contribution in [0, 0.1) is 20.8 Å². The molecule has 5 heteroatoms. The number of amides is 2. The Labute approximate surface area is 130 Å². The van der Waals surface area contributed by atoms with E-state index < -0.39 is 0 Å². The van der Waals surface area contributed by atoms with Crippen LogP contribution in [0.2, 0.25) is 0 Å². The first kappa shape index (κ1) is 14.6. The Balaban J connectivity index is 1.80. The third kappa shape index (κ3) is 2.71. The standard InChI is InChI=1S/C17H21N3O2/c1-11-6-4-7-14(10-11)18-17(21)20-9-5-8-15(20)16-12(2)19-22-13(16)3/h4,6-7,10,15H,5,8-9H2,1-3H3,(H,18,21)/t15-/m1/s1. The highest BCUT2D eigenvalue weighted by atomic mass is 16.5. The van der Waals surface area contributed by atoms with Crippen LogP contribution in [-0.4, -0.2) is 22.6 Å². The number of nitrogens with one attached hydrogen (secondary N) is 1. The van der Waals surface area contributed by atoms with Crippen molar-refractivity contribution >= 4 is 11.7 Å². The minimum absolute atomic E-state index is 0.0519. The van der Waals surface area contributed by atoms with Crippen LogP contribution >= 0.6 is 0 Å². The van der Waals surface area contributed by atoms with Gasteiger partial charge in [0.05, 0.1) is 11.7 Å². The van der Waals surface area contributed by atoms with Crippen LogP contribution in [0.3, 0.4) is 0 Å². The maximum absolute atomic E-state index is 12.6. The van der Waals surface area contributed by atoms with E-state index in [1.165, 1.54) is 0 Å². The molecule has 0 spiro atoms. The van der Waals surface area contributed by atoms with Gasteiger partial charge in [0.25, 0.3) is 0 Å². The van der Waals surface area contributed by atoms with E-state index in [4.69, 9.17) is 4.52 Å². The second-order valence-corrected chi connectivity index (χ2v) is 5.89. The van der Waals surface area contributed by atoms with E-state index in [-0.39, 0.29) is 12.1 Å². The quantitative estimate of drug-likeness (QED) is 0.912. The highest BCUT2D eigenvalue weighted by molar-refractivity contribution is 5.90. The number of carbonyl (C=O) groups excluding carboxylic acids is 1. The molecule has 3 rings (SSSR count). The fraction of sp³-hybridized carbons (Fsp3) is 0.412. The number of likely N-dealkylation sites (tertiary alicyclic amines) is 1. The van der Waals surface area contributed by atoms with Crippen molar-refractivity contribution < 1.29 is 9.32 Å². The van der Waals surface area contributed by atoms with E-state index >= 15 is 0 Å². The summed E-state index contributed by atoms with van der Waals surface area (Å²) in [6.07, 6.45) is 1.94. The zero-order valence-corrected chi connectivity index (χ0v) is 13.2. The van der Waals surface area contributed by atoms with Crippen molar-refractivity contribution in [2.24, 2.45) is 0 Å². The Bertz CT molecular complexity index is 673. The summed E-state index contributed by atoms with van der Waals surface area (Å²) in [6, 6.07) is 7.83. The molecule has 2 heterocycles. The van der Waals surface area contributed by atoms with E-state index in [0.717, 1.165) is 47.7 Å². The Morgan fingerprint density at radius 1 is 1.36 bits per heavy atom.